The van der Waals surface area contributed by atoms with Crippen LogP contribution in [-0.2, 0) is 4.79 Å². The predicted molar refractivity (Wildman–Crippen MR) is 101 cm³/mol. The number of amidine groups is 1. The number of imide groups is 1. The number of carbonyl (C=O) groups is 2. The van der Waals surface area contributed by atoms with Crippen LogP contribution >= 0.6 is 0 Å². The summed E-state index contributed by atoms with van der Waals surface area (Å²) in [6, 6.07) is 5.47. The second kappa shape index (κ2) is 7.67. The van der Waals surface area contributed by atoms with Crippen LogP contribution in [0.15, 0.2) is 53.5 Å². The summed E-state index contributed by atoms with van der Waals surface area (Å²) < 4.78 is 112. The third-order valence-corrected chi connectivity index (χ3v) is 5.45. The number of hydrogen-bond acceptors (Lipinski definition) is 4. The van der Waals surface area contributed by atoms with E-state index in [1.165, 1.54) is 10.6 Å². The first kappa shape index (κ1) is 23.4. The van der Waals surface area contributed by atoms with Crippen LogP contribution in [-0.4, -0.2) is 41.8 Å². The van der Waals surface area contributed by atoms with E-state index in [-0.39, 0.29) is 11.3 Å². The number of urea groups is 1. The third kappa shape index (κ3) is 3.53. The highest BCUT2D eigenvalue weighted by atomic mass is 19.4. The zero-order valence-electron chi connectivity index (χ0n) is 16.5. The molecule has 1 saturated heterocycles. The third-order valence-electron chi connectivity index (χ3n) is 5.45. The Balaban J connectivity index is 2.00. The first-order valence-electron chi connectivity index (χ1n) is 9.41. The number of nitrogens with zero attached hydrogens (tertiary/aromatic N) is 2. The maximum absolute atomic E-state index is 14.2. The lowest BCUT2D eigenvalue weighted by atomic mass is 9.76. The number of amides is 3. The first-order valence-corrected chi connectivity index (χ1v) is 9.41. The molecule has 34 heavy (non-hydrogen) atoms. The van der Waals surface area contributed by atoms with Gasteiger partial charge >= 0.3 is 18.4 Å². The average Bonchev–Trinajstić information content (AvgIpc) is 2.73. The Hall–Kier alpha value is -3.71. The first-order chi connectivity index (χ1) is 15.8. The molecule has 2 heterocycles. The van der Waals surface area contributed by atoms with Crippen LogP contribution in [0.1, 0.15) is 5.56 Å². The normalized spacial score (nSPS) is 22.5. The molecule has 2 aliphatic heterocycles. The minimum Gasteiger partial charge on any atom is -0.348 e. The summed E-state index contributed by atoms with van der Waals surface area (Å²) in [6.45, 7) is 0. The number of anilines is 1. The van der Waals surface area contributed by atoms with Crippen molar-refractivity contribution < 1.29 is 44.7 Å². The Morgan fingerprint density at radius 3 is 1.82 bits per heavy atom. The molecule has 1 fully saturated rings. The second-order valence-corrected chi connectivity index (χ2v) is 7.45. The van der Waals surface area contributed by atoms with E-state index in [0.29, 0.717) is 4.90 Å². The van der Waals surface area contributed by atoms with Crippen LogP contribution < -0.4 is 15.5 Å². The molecule has 0 unspecified atom stereocenters. The summed E-state index contributed by atoms with van der Waals surface area (Å²) in [5, 5.41) is 2.83. The molecule has 3 amide bonds. The summed E-state index contributed by atoms with van der Waals surface area (Å²) >= 11 is 0. The Labute approximate surface area is 185 Å². The van der Waals surface area contributed by atoms with Gasteiger partial charge in [0.15, 0.2) is 0 Å². The molecule has 0 spiro atoms. The maximum Gasteiger partial charge on any atom is 0.421 e. The predicted octanol–water partition coefficient (Wildman–Crippen LogP) is 3.88. The van der Waals surface area contributed by atoms with Gasteiger partial charge < -0.3 is 5.32 Å². The summed E-state index contributed by atoms with van der Waals surface area (Å²) in [5.74, 6) is -7.48. The van der Waals surface area contributed by atoms with Crippen molar-refractivity contribution in [2.24, 2.45) is 10.9 Å². The number of rotatable bonds is 2. The standard InChI is InChI=1S/C20H12F8N4O2/c21-10-3-1-9(2-4-10)14-29-15-13(18(31-14,19(23,24)25)20(26,27)28)16(33)30-17(34)32(15)12-7-5-11(22)6-8-12/h1-8,13,15H,(H,29,31)(H,30,33,34)/t13-,15-/m0/s1. The maximum atomic E-state index is 14.2. The fourth-order valence-corrected chi connectivity index (χ4v) is 3.91. The van der Waals surface area contributed by atoms with E-state index in [0.717, 1.165) is 48.5 Å². The summed E-state index contributed by atoms with van der Waals surface area (Å²) in [6.07, 6.45) is -14.6. The molecular weight excluding hydrogens is 480 g/mol. The van der Waals surface area contributed by atoms with Crippen LogP contribution in [0.3, 0.4) is 0 Å². The number of nitrogens with one attached hydrogen (secondary N) is 2. The Morgan fingerprint density at radius 2 is 1.32 bits per heavy atom. The number of benzene rings is 2. The average molecular weight is 492 g/mol. The second-order valence-electron chi connectivity index (χ2n) is 7.45. The van der Waals surface area contributed by atoms with Crippen LogP contribution in [0.25, 0.3) is 0 Å². The minimum absolute atomic E-state index is 0.316. The van der Waals surface area contributed by atoms with Gasteiger partial charge in [-0.2, -0.15) is 26.3 Å². The molecule has 2 aliphatic rings. The lowest BCUT2D eigenvalue weighted by Crippen LogP contribution is -2.81. The van der Waals surface area contributed by atoms with Gasteiger partial charge in [0.05, 0.1) is 0 Å². The molecule has 2 atom stereocenters. The van der Waals surface area contributed by atoms with E-state index in [4.69, 9.17) is 0 Å². The van der Waals surface area contributed by atoms with Gasteiger partial charge in [0.25, 0.3) is 0 Å². The molecule has 14 heteroatoms. The van der Waals surface area contributed by atoms with Gasteiger partial charge in [-0.1, -0.05) is 0 Å². The zero-order chi connectivity index (χ0) is 25.1. The highest BCUT2D eigenvalue weighted by molar-refractivity contribution is 6.10. The molecule has 6 nitrogen and oxygen atoms in total. The highest BCUT2D eigenvalue weighted by Crippen LogP contribution is 2.52. The van der Waals surface area contributed by atoms with Crippen molar-refractivity contribution in [3.05, 3.63) is 65.7 Å². The number of halogens is 8. The van der Waals surface area contributed by atoms with E-state index < -0.39 is 59.4 Å². The lowest BCUT2D eigenvalue weighted by molar-refractivity contribution is -0.318. The summed E-state index contributed by atoms with van der Waals surface area (Å²) in [4.78, 5) is 29.3. The van der Waals surface area contributed by atoms with Gasteiger partial charge in [0.2, 0.25) is 11.4 Å². The van der Waals surface area contributed by atoms with Crippen molar-refractivity contribution in [3.63, 3.8) is 0 Å². The summed E-state index contributed by atoms with van der Waals surface area (Å²) in [5.41, 5.74) is -5.56. The molecule has 0 radical (unpaired) electrons. The summed E-state index contributed by atoms with van der Waals surface area (Å²) in [7, 11) is 0. The van der Waals surface area contributed by atoms with Crippen molar-refractivity contribution in [3.8, 4) is 0 Å². The van der Waals surface area contributed by atoms with Gasteiger partial charge in [-0.05, 0) is 48.5 Å². The van der Waals surface area contributed by atoms with Crippen molar-refractivity contribution >= 4 is 23.5 Å². The number of alkyl halides is 6. The molecule has 2 N–H and O–H groups in total. The van der Waals surface area contributed by atoms with E-state index in [9.17, 15) is 44.7 Å². The van der Waals surface area contributed by atoms with Gasteiger partial charge in [-0.3, -0.25) is 15.0 Å². The topological polar surface area (TPSA) is 73.8 Å². The van der Waals surface area contributed by atoms with E-state index >= 15 is 0 Å². The molecule has 2 aromatic carbocycles. The largest absolute Gasteiger partial charge is 0.421 e. The number of fused-ring (bicyclic) bond motifs is 1. The van der Waals surface area contributed by atoms with Crippen molar-refractivity contribution in [1.29, 1.82) is 0 Å². The molecule has 0 bridgehead atoms. The van der Waals surface area contributed by atoms with E-state index in [1.807, 2.05) is 0 Å². The highest BCUT2D eigenvalue weighted by Gasteiger charge is 2.80. The smallest absolute Gasteiger partial charge is 0.348 e. The van der Waals surface area contributed by atoms with Crippen LogP contribution in [0.2, 0.25) is 0 Å². The Morgan fingerprint density at radius 1 is 0.824 bits per heavy atom. The molecule has 0 saturated carbocycles. The Bertz CT molecular complexity index is 1150. The van der Waals surface area contributed by atoms with Gasteiger partial charge in [-0.25, -0.2) is 18.6 Å². The number of carbonyl (C=O) groups excluding carboxylic acids is 2. The molecule has 2 aromatic rings. The zero-order valence-corrected chi connectivity index (χ0v) is 16.5. The van der Waals surface area contributed by atoms with Crippen molar-refractivity contribution in [2.45, 2.75) is 24.1 Å². The van der Waals surface area contributed by atoms with Crippen LogP contribution in [0, 0.1) is 17.6 Å². The van der Waals surface area contributed by atoms with E-state index in [1.54, 1.807) is 0 Å². The Kier molecular flexibility index (Phi) is 5.29. The van der Waals surface area contributed by atoms with Crippen LogP contribution in [0.5, 0.6) is 0 Å². The molecule has 4 rings (SSSR count). The SMILES string of the molecule is O=C1NC(=O)N(c2ccc(F)cc2)[C@@H]2N=C(c3ccc(F)cc3)NC(C(F)(F)F)(C(F)(F)F)[C@H]12. The number of aliphatic imine (C=N–C) groups is 1. The molecule has 0 aliphatic carbocycles. The molecule has 0 aromatic heterocycles. The molecular formula is C20H12F8N4O2. The molecule has 180 valence electrons. The monoisotopic (exact) mass is 492 g/mol. The van der Waals surface area contributed by atoms with E-state index in [2.05, 4.69) is 4.99 Å². The van der Waals surface area contributed by atoms with Gasteiger partial charge in [-0.15, -0.1) is 0 Å². The van der Waals surface area contributed by atoms with Crippen LogP contribution in [0.4, 0.5) is 45.6 Å². The van der Waals surface area contributed by atoms with Crippen molar-refractivity contribution in [1.82, 2.24) is 10.6 Å². The van der Waals surface area contributed by atoms with Gasteiger partial charge in [0.1, 0.15) is 29.6 Å². The lowest BCUT2D eigenvalue weighted by Gasteiger charge is -2.51. The van der Waals surface area contributed by atoms with Gasteiger partial charge in [0, 0.05) is 11.3 Å². The quantitative estimate of drug-likeness (QED) is 0.626. The number of hydrogen-bond donors (Lipinski definition) is 2. The fraction of sp³-hybridized carbons (Fsp3) is 0.250. The minimum atomic E-state index is -6.11. The fourth-order valence-electron chi connectivity index (χ4n) is 3.91. The van der Waals surface area contributed by atoms with Crippen molar-refractivity contribution in [2.75, 3.05) is 4.90 Å².